The highest BCUT2D eigenvalue weighted by Gasteiger charge is 2.27. The van der Waals surface area contributed by atoms with Crippen molar-refractivity contribution in [1.82, 2.24) is 0 Å². The first-order chi connectivity index (χ1) is 10.1. The van der Waals surface area contributed by atoms with Crippen molar-refractivity contribution in [3.63, 3.8) is 0 Å². The molecule has 1 heterocycles. The third-order valence-electron chi connectivity index (χ3n) is 3.64. The lowest BCUT2D eigenvalue weighted by molar-refractivity contribution is 0.0986. The molecule has 21 heavy (non-hydrogen) atoms. The van der Waals surface area contributed by atoms with Crippen molar-refractivity contribution in [3.8, 4) is 5.75 Å². The zero-order valence-corrected chi connectivity index (χ0v) is 12.4. The summed E-state index contributed by atoms with van der Waals surface area (Å²) in [5.74, 6) is 0.392. The Morgan fingerprint density at radius 2 is 2.10 bits per heavy atom. The van der Waals surface area contributed by atoms with Crippen LogP contribution in [0.15, 0.2) is 36.4 Å². The van der Waals surface area contributed by atoms with Crippen molar-refractivity contribution in [2.75, 3.05) is 24.3 Å². The van der Waals surface area contributed by atoms with Gasteiger partial charge in [0, 0.05) is 22.9 Å². The molecule has 0 atom stereocenters. The molecule has 0 unspecified atom stereocenters. The molecular weight excluding hydrogens is 288 g/mol. The van der Waals surface area contributed by atoms with Crippen molar-refractivity contribution in [2.24, 2.45) is 0 Å². The molecule has 2 aromatic carbocycles. The molecule has 0 radical (unpaired) electrons. The molecule has 2 N–H and O–H groups in total. The van der Waals surface area contributed by atoms with E-state index in [-0.39, 0.29) is 5.91 Å². The van der Waals surface area contributed by atoms with E-state index in [0.717, 1.165) is 17.7 Å². The highest BCUT2D eigenvalue weighted by molar-refractivity contribution is 6.31. The zero-order chi connectivity index (χ0) is 15.0. The van der Waals surface area contributed by atoms with Crippen LogP contribution in [-0.4, -0.2) is 19.6 Å². The number of rotatable bonds is 2. The first-order valence-corrected chi connectivity index (χ1v) is 7.02. The Kier molecular flexibility index (Phi) is 3.47. The van der Waals surface area contributed by atoms with Crippen molar-refractivity contribution in [3.05, 3.63) is 52.5 Å². The second-order valence-corrected chi connectivity index (χ2v) is 5.38. The Morgan fingerprint density at radius 1 is 1.29 bits per heavy atom. The number of ether oxygens (including phenoxy) is 1. The van der Waals surface area contributed by atoms with Crippen LogP contribution in [0.5, 0.6) is 5.75 Å². The average molecular weight is 303 g/mol. The van der Waals surface area contributed by atoms with Gasteiger partial charge in [-0.25, -0.2) is 0 Å². The average Bonchev–Trinajstić information content (AvgIpc) is 2.89. The fourth-order valence-electron chi connectivity index (χ4n) is 2.62. The van der Waals surface area contributed by atoms with Crippen LogP contribution in [0.1, 0.15) is 15.9 Å². The number of carbonyl (C=O) groups excluding carboxylic acids is 1. The van der Waals surface area contributed by atoms with Gasteiger partial charge < -0.3 is 15.4 Å². The molecular formula is C16H15ClN2O2. The van der Waals surface area contributed by atoms with E-state index in [2.05, 4.69) is 0 Å². The van der Waals surface area contributed by atoms with Crippen molar-refractivity contribution >= 4 is 28.9 Å². The number of fused-ring (bicyclic) bond motifs is 1. The quantitative estimate of drug-likeness (QED) is 0.867. The maximum Gasteiger partial charge on any atom is 0.262 e. The second kappa shape index (κ2) is 5.30. The van der Waals surface area contributed by atoms with Crippen LogP contribution in [0, 0.1) is 0 Å². The number of amides is 1. The summed E-state index contributed by atoms with van der Waals surface area (Å²) in [4.78, 5) is 14.5. The number of hydrogen-bond donors (Lipinski definition) is 1. The standard InChI is InChI=1S/C16H15ClN2O2/c1-21-15-9-11(17)2-4-13(15)16(20)19-7-6-10-8-12(18)3-5-14(10)19/h2-5,8-9H,6-7,18H2,1H3. The molecule has 2 aromatic rings. The van der Waals surface area contributed by atoms with Gasteiger partial charge in [0.15, 0.2) is 0 Å². The van der Waals surface area contributed by atoms with E-state index in [9.17, 15) is 4.79 Å². The van der Waals surface area contributed by atoms with Crippen LogP contribution in [0.4, 0.5) is 11.4 Å². The lowest BCUT2D eigenvalue weighted by Gasteiger charge is -2.19. The smallest absolute Gasteiger partial charge is 0.262 e. The summed E-state index contributed by atoms with van der Waals surface area (Å²) in [6.45, 7) is 0.642. The number of carbonyl (C=O) groups is 1. The van der Waals surface area contributed by atoms with E-state index in [4.69, 9.17) is 22.1 Å². The molecule has 0 spiro atoms. The maximum atomic E-state index is 12.8. The molecule has 5 heteroatoms. The molecule has 4 nitrogen and oxygen atoms in total. The number of nitrogens with two attached hydrogens (primary N) is 1. The first kappa shape index (κ1) is 13.8. The number of benzene rings is 2. The molecule has 0 aromatic heterocycles. The third-order valence-corrected chi connectivity index (χ3v) is 3.87. The number of nitrogen functional groups attached to an aromatic ring is 1. The Labute approximate surface area is 128 Å². The second-order valence-electron chi connectivity index (χ2n) is 4.94. The topological polar surface area (TPSA) is 55.6 Å². The summed E-state index contributed by atoms with van der Waals surface area (Å²) in [6, 6.07) is 10.6. The SMILES string of the molecule is COc1cc(Cl)ccc1C(=O)N1CCc2cc(N)ccc21. The van der Waals surface area contributed by atoms with E-state index >= 15 is 0 Å². The molecule has 0 bridgehead atoms. The lowest BCUT2D eigenvalue weighted by Crippen LogP contribution is -2.29. The molecule has 1 aliphatic rings. The van der Waals surface area contributed by atoms with E-state index in [1.165, 1.54) is 7.11 Å². The first-order valence-electron chi connectivity index (χ1n) is 6.64. The normalized spacial score (nSPS) is 13.1. The number of hydrogen-bond acceptors (Lipinski definition) is 3. The van der Waals surface area contributed by atoms with Gasteiger partial charge in [-0.3, -0.25) is 4.79 Å². The van der Waals surface area contributed by atoms with Gasteiger partial charge in [-0.15, -0.1) is 0 Å². The van der Waals surface area contributed by atoms with Crippen LogP contribution in [0.25, 0.3) is 0 Å². The summed E-state index contributed by atoms with van der Waals surface area (Å²) in [6.07, 6.45) is 0.808. The van der Waals surface area contributed by atoms with Crippen LogP contribution in [0.3, 0.4) is 0 Å². The zero-order valence-electron chi connectivity index (χ0n) is 11.6. The van der Waals surface area contributed by atoms with Gasteiger partial charge in [-0.2, -0.15) is 0 Å². The third kappa shape index (κ3) is 2.43. The highest BCUT2D eigenvalue weighted by Crippen LogP contribution is 2.33. The minimum Gasteiger partial charge on any atom is -0.496 e. The largest absolute Gasteiger partial charge is 0.496 e. The van der Waals surface area contributed by atoms with Crippen LogP contribution in [0.2, 0.25) is 5.02 Å². The molecule has 108 valence electrons. The number of methoxy groups -OCH3 is 1. The molecule has 0 saturated carbocycles. The van der Waals surface area contributed by atoms with Gasteiger partial charge in [0.1, 0.15) is 5.75 Å². The van der Waals surface area contributed by atoms with Crippen molar-refractivity contribution < 1.29 is 9.53 Å². The van der Waals surface area contributed by atoms with Crippen LogP contribution >= 0.6 is 11.6 Å². The molecule has 0 aliphatic carbocycles. The Morgan fingerprint density at radius 3 is 2.86 bits per heavy atom. The van der Waals surface area contributed by atoms with E-state index in [1.807, 2.05) is 18.2 Å². The van der Waals surface area contributed by atoms with E-state index in [0.29, 0.717) is 28.6 Å². The number of anilines is 2. The fourth-order valence-corrected chi connectivity index (χ4v) is 2.78. The van der Waals surface area contributed by atoms with Crippen LogP contribution in [-0.2, 0) is 6.42 Å². The van der Waals surface area contributed by atoms with Crippen molar-refractivity contribution in [2.45, 2.75) is 6.42 Å². The minimum atomic E-state index is -0.0907. The Bertz CT molecular complexity index is 715. The predicted molar refractivity (Wildman–Crippen MR) is 84.2 cm³/mol. The number of nitrogens with zero attached hydrogens (tertiary/aromatic N) is 1. The maximum absolute atomic E-state index is 12.8. The summed E-state index contributed by atoms with van der Waals surface area (Å²) in [5.41, 5.74) is 9.01. The van der Waals surface area contributed by atoms with E-state index < -0.39 is 0 Å². The van der Waals surface area contributed by atoms with Crippen LogP contribution < -0.4 is 15.4 Å². The predicted octanol–water partition coefficient (Wildman–Crippen LogP) is 3.13. The Balaban J connectivity index is 1.98. The van der Waals surface area contributed by atoms with Gasteiger partial charge >= 0.3 is 0 Å². The molecule has 1 amide bonds. The van der Waals surface area contributed by atoms with Gasteiger partial charge in [-0.1, -0.05) is 11.6 Å². The summed E-state index contributed by atoms with van der Waals surface area (Å²) < 4.78 is 5.26. The lowest BCUT2D eigenvalue weighted by atomic mass is 10.1. The van der Waals surface area contributed by atoms with E-state index in [1.54, 1.807) is 23.1 Å². The molecule has 0 fully saturated rings. The molecule has 1 aliphatic heterocycles. The summed E-state index contributed by atoms with van der Waals surface area (Å²) in [7, 11) is 1.53. The van der Waals surface area contributed by atoms with Crippen molar-refractivity contribution in [1.29, 1.82) is 0 Å². The highest BCUT2D eigenvalue weighted by atomic mass is 35.5. The summed E-state index contributed by atoms with van der Waals surface area (Å²) in [5, 5.41) is 0.540. The number of halogens is 1. The van der Waals surface area contributed by atoms with Gasteiger partial charge in [0.25, 0.3) is 5.91 Å². The Hall–Kier alpha value is -2.20. The molecule has 3 rings (SSSR count). The van der Waals surface area contributed by atoms with Gasteiger partial charge in [0.2, 0.25) is 0 Å². The van der Waals surface area contributed by atoms with Gasteiger partial charge in [0.05, 0.1) is 12.7 Å². The fraction of sp³-hybridized carbons (Fsp3) is 0.188. The molecule has 0 saturated heterocycles. The minimum absolute atomic E-state index is 0.0907. The summed E-state index contributed by atoms with van der Waals surface area (Å²) >= 11 is 5.94. The van der Waals surface area contributed by atoms with Gasteiger partial charge in [-0.05, 0) is 48.4 Å². The monoisotopic (exact) mass is 302 g/mol.